The number of hydrogen-bond donors (Lipinski definition) is 1. The first kappa shape index (κ1) is 14.8. The van der Waals surface area contributed by atoms with Crippen LogP contribution < -0.4 is 5.73 Å². The van der Waals surface area contributed by atoms with Crippen molar-refractivity contribution in [2.75, 3.05) is 26.2 Å². The monoisotopic (exact) mass is 267 g/mol. The van der Waals surface area contributed by atoms with E-state index in [1.165, 1.54) is 25.7 Å². The van der Waals surface area contributed by atoms with E-state index in [-0.39, 0.29) is 11.9 Å². The Morgan fingerprint density at radius 3 is 2.42 bits per heavy atom. The van der Waals surface area contributed by atoms with E-state index in [1.54, 1.807) is 0 Å². The SMILES string of the molecule is CCCC[C@H](N)C(=O)N1CCN(C2CCCC2)CC1. The third kappa shape index (κ3) is 3.93. The van der Waals surface area contributed by atoms with Gasteiger partial charge in [0.1, 0.15) is 0 Å². The van der Waals surface area contributed by atoms with E-state index in [0.717, 1.165) is 51.5 Å². The first-order chi connectivity index (χ1) is 9.22. The molecule has 19 heavy (non-hydrogen) atoms. The average molecular weight is 267 g/mol. The van der Waals surface area contributed by atoms with Gasteiger partial charge in [-0.05, 0) is 19.3 Å². The molecule has 0 spiro atoms. The highest BCUT2D eigenvalue weighted by atomic mass is 16.2. The van der Waals surface area contributed by atoms with E-state index < -0.39 is 0 Å². The molecule has 2 aliphatic rings. The summed E-state index contributed by atoms with van der Waals surface area (Å²) in [7, 11) is 0. The number of carbonyl (C=O) groups is 1. The van der Waals surface area contributed by atoms with Crippen LogP contribution >= 0.6 is 0 Å². The number of rotatable bonds is 5. The fourth-order valence-electron chi connectivity index (χ4n) is 3.36. The van der Waals surface area contributed by atoms with Gasteiger partial charge in [-0.2, -0.15) is 0 Å². The molecule has 1 amide bonds. The normalized spacial score (nSPS) is 23.8. The molecule has 2 N–H and O–H groups in total. The predicted octanol–water partition coefficient (Wildman–Crippen LogP) is 1.59. The molecule has 0 aromatic heterocycles. The molecule has 1 aliphatic heterocycles. The van der Waals surface area contributed by atoms with Gasteiger partial charge in [-0.3, -0.25) is 9.69 Å². The van der Waals surface area contributed by atoms with Crippen LogP contribution in [0, 0.1) is 0 Å². The van der Waals surface area contributed by atoms with Crippen molar-refractivity contribution in [3.05, 3.63) is 0 Å². The molecule has 1 heterocycles. The third-order valence-corrected chi connectivity index (χ3v) is 4.65. The Labute approximate surface area is 117 Å². The molecule has 1 aliphatic carbocycles. The highest BCUT2D eigenvalue weighted by Gasteiger charge is 2.29. The molecule has 110 valence electrons. The third-order valence-electron chi connectivity index (χ3n) is 4.65. The number of hydrogen-bond acceptors (Lipinski definition) is 3. The molecule has 1 saturated carbocycles. The predicted molar refractivity (Wildman–Crippen MR) is 77.9 cm³/mol. The van der Waals surface area contributed by atoms with Crippen molar-refractivity contribution < 1.29 is 4.79 Å². The summed E-state index contributed by atoms with van der Waals surface area (Å²) in [6.45, 7) is 5.95. The molecule has 1 atom stereocenters. The van der Waals surface area contributed by atoms with Gasteiger partial charge in [-0.1, -0.05) is 32.6 Å². The second-order valence-electron chi connectivity index (χ2n) is 6.05. The zero-order valence-corrected chi connectivity index (χ0v) is 12.3. The van der Waals surface area contributed by atoms with Crippen LogP contribution in [-0.2, 0) is 4.79 Å². The number of carbonyl (C=O) groups excluding carboxylic acids is 1. The van der Waals surface area contributed by atoms with Crippen LogP contribution in [0.15, 0.2) is 0 Å². The van der Waals surface area contributed by atoms with E-state index in [4.69, 9.17) is 5.73 Å². The molecule has 0 aromatic rings. The quantitative estimate of drug-likeness (QED) is 0.823. The minimum Gasteiger partial charge on any atom is -0.339 e. The summed E-state index contributed by atoms with van der Waals surface area (Å²) in [5.41, 5.74) is 5.99. The lowest BCUT2D eigenvalue weighted by atomic mass is 10.1. The second kappa shape index (κ2) is 7.25. The molecule has 0 aromatic carbocycles. The highest BCUT2D eigenvalue weighted by molar-refractivity contribution is 5.81. The smallest absolute Gasteiger partial charge is 0.239 e. The molecular weight excluding hydrogens is 238 g/mol. The van der Waals surface area contributed by atoms with Crippen LogP contribution in [-0.4, -0.2) is 54.0 Å². The summed E-state index contributed by atoms with van der Waals surface area (Å²) in [5, 5.41) is 0. The molecule has 4 heteroatoms. The van der Waals surface area contributed by atoms with Gasteiger partial charge in [0.15, 0.2) is 0 Å². The maximum absolute atomic E-state index is 12.2. The minimum atomic E-state index is -0.280. The molecule has 2 fully saturated rings. The lowest BCUT2D eigenvalue weighted by Crippen LogP contribution is -2.54. The van der Waals surface area contributed by atoms with E-state index in [9.17, 15) is 4.79 Å². The Morgan fingerprint density at radius 2 is 1.84 bits per heavy atom. The maximum Gasteiger partial charge on any atom is 0.239 e. The molecule has 0 unspecified atom stereocenters. The zero-order chi connectivity index (χ0) is 13.7. The van der Waals surface area contributed by atoms with Crippen LogP contribution in [0.3, 0.4) is 0 Å². The van der Waals surface area contributed by atoms with Crippen LogP contribution in [0.1, 0.15) is 51.9 Å². The van der Waals surface area contributed by atoms with Crippen molar-refractivity contribution in [1.82, 2.24) is 9.80 Å². The summed E-state index contributed by atoms with van der Waals surface area (Å²) in [6.07, 6.45) is 8.45. The Hall–Kier alpha value is -0.610. The summed E-state index contributed by atoms with van der Waals surface area (Å²) in [6, 6.07) is 0.504. The van der Waals surface area contributed by atoms with Gasteiger partial charge in [0, 0.05) is 32.2 Å². The highest BCUT2D eigenvalue weighted by Crippen LogP contribution is 2.24. The minimum absolute atomic E-state index is 0.166. The van der Waals surface area contributed by atoms with Gasteiger partial charge < -0.3 is 10.6 Å². The standard InChI is InChI=1S/C15H29N3O/c1-2-3-8-14(16)15(19)18-11-9-17(10-12-18)13-6-4-5-7-13/h13-14H,2-12,16H2,1H3/t14-/m0/s1. The molecular formula is C15H29N3O. The van der Waals surface area contributed by atoms with E-state index in [0.29, 0.717) is 0 Å². The Bertz CT molecular complexity index is 281. The van der Waals surface area contributed by atoms with E-state index in [2.05, 4.69) is 11.8 Å². The van der Waals surface area contributed by atoms with Gasteiger partial charge in [-0.25, -0.2) is 0 Å². The van der Waals surface area contributed by atoms with Gasteiger partial charge in [0.2, 0.25) is 5.91 Å². The maximum atomic E-state index is 12.2. The van der Waals surface area contributed by atoms with Crippen LogP contribution in [0.5, 0.6) is 0 Å². The Balaban J connectivity index is 1.74. The van der Waals surface area contributed by atoms with Gasteiger partial charge in [-0.15, -0.1) is 0 Å². The number of unbranched alkanes of at least 4 members (excludes halogenated alkanes) is 1. The fourth-order valence-corrected chi connectivity index (χ4v) is 3.36. The Kier molecular flexibility index (Phi) is 5.64. The topological polar surface area (TPSA) is 49.6 Å². The average Bonchev–Trinajstić information content (AvgIpc) is 2.98. The van der Waals surface area contributed by atoms with E-state index >= 15 is 0 Å². The summed E-state index contributed by atoms with van der Waals surface area (Å²) >= 11 is 0. The molecule has 0 radical (unpaired) electrons. The van der Waals surface area contributed by atoms with Gasteiger partial charge in [0.25, 0.3) is 0 Å². The number of nitrogens with two attached hydrogens (primary N) is 1. The van der Waals surface area contributed by atoms with Crippen molar-refractivity contribution in [3.8, 4) is 0 Å². The molecule has 4 nitrogen and oxygen atoms in total. The number of amides is 1. The fraction of sp³-hybridized carbons (Fsp3) is 0.933. The lowest BCUT2D eigenvalue weighted by Gasteiger charge is -2.38. The molecule has 0 bridgehead atoms. The largest absolute Gasteiger partial charge is 0.339 e. The Morgan fingerprint density at radius 1 is 1.21 bits per heavy atom. The summed E-state index contributed by atoms with van der Waals surface area (Å²) < 4.78 is 0. The van der Waals surface area contributed by atoms with Crippen molar-refractivity contribution in [1.29, 1.82) is 0 Å². The number of nitrogens with zero attached hydrogens (tertiary/aromatic N) is 2. The number of piperazine rings is 1. The van der Waals surface area contributed by atoms with Crippen LogP contribution in [0.4, 0.5) is 0 Å². The lowest BCUT2D eigenvalue weighted by molar-refractivity contribution is -0.134. The van der Waals surface area contributed by atoms with Gasteiger partial charge in [0.05, 0.1) is 6.04 Å². The van der Waals surface area contributed by atoms with Crippen molar-refractivity contribution >= 4 is 5.91 Å². The van der Waals surface area contributed by atoms with Crippen LogP contribution in [0.2, 0.25) is 0 Å². The first-order valence-corrected chi connectivity index (χ1v) is 8.00. The van der Waals surface area contributed by atoms with Crippen LogP contribution in [0.25, 0.3) is 0 Å². The van der Waals surface area contributed by atoms with Crippen molar-refractivity contribution in [2.45, 2.75) is 64.0 Å². The first-order valence-electron chi connectivity index (χ1n) is 8.00. The van der Waals surface area contributed by atoms with Crippen molar-refractivity contribution in [2.24, 2.45) is 5.73 Å². The molecule has 2 rings (SSSR count). The molecule has 1 saturated heterocycles. The second-order valence-corrected chi connectivity index (χ2v) is 6.05. The summed E-state index contributed by atoms with van der Waals surface area (Å²) in [5.74, 6) is 0.166. The van der Waals surface area contributed by atoms with Gasteiger partial charge >= 0.3 is 0 Å². The van der Waals surface area contributed by atoms with E-state index in [1.807, 2.05) is 4.90 Å². The zero-order valence-electron chi connectivity index (χ0n) is 12.3. The van der Waals surface area contributed by atoms with Crippen molar-refractivity contribution in [3.63, 3.8) is 0 Å². The summed E-state index contributed by atoms with van der Waals surface area (Å²) in [4.78, 5) is 16.8.